The second-order valence-corrected chi connectivity index (χ2v) is 18.0. The Hall–Kier alpha value is 1.32. The number of hydrogen-bond donors (Lipinski definition) is 1. The number of carbonyl (C=O) groups is 1. The number of hydrogen-bond acceptors (Lipinski definition) is 5. The zero-order valence-corrected chi connectivity index (χ0v) is 22.1. The van der Waals surface area contributed by atoms with Gasteiger partial charge in [0.2, 0.25) is 0 Å². The van der Waals surface area contributed by atoms with Gasteiger partial charge in [0.1, 0.15) is 0 Å². The van der Waals surface area contributed by atoms with Gasteiger partial charge in [-0.2, -0.15) is 0 Å². The molecule has 0 heterocycles. The predicted molar refractivity (Wildman–Crippen MR) is 116 cm³/mol. The van der Waals surface area contributed by atoms with E-state index in [1.54, 1.807) is 8.87 Å². The van der Waals surface area contributed by atoms with Gasteiger partial charge < -0.3 is 21.9 Å². The van der Waals surface area contributed by atoms with E-state index in [1.807, 2.05) is 13.8 Å². The number of unbranched alkanes of at least 4 members (excludes halogenated alkanes) is 2. The Labute approximate surface area is 175 Å². The van der Waals surface area contributed by atoms with Crippen molar-refractivity contribution in [3.8, 4) is 0 Å². The van der Waals surface area contributed by atoms with E-state index in [-0.39, 0.29) is 38.8 Å². The van der Waals surface area contributed by atoms with Crippen LogP contribution in [0, 0.1) is 0 Å². The molecule has 0 N–H and O–H groups in total. The molecule has 1 unspecified atom stereocenters. The Morgan fingerprint density at radius 3 is 1.83 bits per heavy atom. The molecule has 8 heteroatoms. The average molecular weight is 519 g/mol. The van der Waals surface area contributed by atoms with E-state index >= 15 is 0 Å². The molecular weight excluding hydrogens is 486 g/mol. The molecule has 0 aliphatic carbocycles. The van der Waals surface area contributed by atoms with Crippen LogP contribution in [-0.4, -0.2) is 33.0 Å². The van der Waals surface area contributed by atoms with Gasteiger partial charge in [0.05, 0.1) is 6.10 Å². The normalized spacial score (nSPS) is 13.0. The number of ketones is 1. The summed E-state index contributed by atoms with van der Waals surface area (Å²) in [5.74, 6) is -0.375. The third-order valence-electron chi connectivity index (χ3n) is 2.16. The van der Waals surface area contributed by atoms with Crippen LogP contribution in [0.2, 0.25) is 8.87 Å². The number of carbonyl (C=O) groups excluding carboxylic acids is 1. The van der Waals surface area contributed by atoms with Crippen LogP contribution >= 0.6 is 16.9 Å². The molecule has 1 atom stereocenters. The van der Waals surface area contributed by atoms with Crippen LogP contribution < -0.4 is 5.11 Å². The molecular formula is C16H33O3PS3Sn. The van der Waals surface area contributed by atoms with Crippen molar-refractivity contribution in [2.24, 2.45) is 0 Å². The molecule has 3 nitrogen and oxygen atoms in total. The second kappa shape index (κ2) is 20.6. The van der Waals surface area contributed by atoms with Gasteiger partial charge in [0.15, 0.2) is 5.78 Å². The van der Waals surface area contributed by atoms with Crippen molar-refractivity contribution in [1.82, 2.24) is 0 Å². The molecule has 142 valence electrons. The molecule has 24 heavy (non-hydrogen) atoms. The summed E-state index contributed by atoms with van der Waals surface area (Å²) in [6.07, 6.45) is 7.00. The van der Waals surface area contributed by atoms with E-state index < -0.39 is 4.67 Å². The van der Waals surface area contributed by atoms with Gasteiger partial charge in [0, 0.05) is 0 Å². The Morgan fingerprint density at radius 1 is 1.29 bits per heavy atom. The maximum atomic E-state index is 9.98. The first-order valence-corrected chi connectivity index (χ1v) is 17.2. The molecule has 0 rings (SSSR count). The quantitative estimate of drug-likeness (QED) is 0.0877. The number of thiol groups is 1. The van der Waals surface area contributed by atoms with Crippen molar-refractivity contribution < 1.29 is 14.4 Å². The van der Waals surface area contributed by atoms with Crippen LogP contribution in [0.25, 0.3) is 0 Å². The minimum atomic E-state index is -2.11. The SMILES string of the molecule is CC(=O)/C=C(\C)[O-].CC(C)OP(=S)([S-])S.CCC[CH2][Sn+2][CH2]CCC. The van der Waals surface area contributed by atoms with Crippen LogP contribution in [0.3, 0.4) is 0 Å². The standard InChI is InChI=1S/C5H8O2.2C4H9.C3H9OPS3.Sn/c1-4(6)3-5(2)7;2*1-3-4-2;1-3(2)4-5(6,7)8;/h3,6H,1-2H3;2*1,3-4H2,2H3;3H,1-2H3,(H2,6,7,8);/q;;;;+2/p-2/b4-3+;;;;. The first kappa shape index (κ1) is 30.1. The second-order valence-electron chi connectivity index (χ2n) is 5.45. The van der Waals surface area contributed by atoms with Gasteiger partial charge in [0.25, 0.3) is 0 Å². The fourth-order valence-electron chi connectivity index (χ4n) is 1.28. The summed E-state index contributed by atoms with van der Waals surface area (Å²) in [6, 6.07) is 0. The Balaban J connectivity index is -0.000000278. The van der Waals surface area contributed by atoms with Crippen molar-refractivity contribution in [3.05, 3.63) is 11.8 Å². The zero-order valence-electron chi connectivity index (χ0n) is 15.8. The van der Waals surface area contributed by atoms with E-state index in [0.29, 0.717) is 0 Å². The Bertz CT molecular complexity index is 362. The van der Waals surface area contributed by atoms with E-state index in [0.717, 1.165) is 6.08 Å². The molecule has 0 aromatic carbocycles. The van der Waals surface area contributed by atoms with E-state index in [1.165, 1.54) is 39.5 Å². The molecule has 0 radical (unpaired) electrons. The third kappa shape index (κ3) is 43.6. The molecule has 0 aromatic rings. The Morgan fingerprint density at radius 2 is 1.71 bits per heavy atom. The van der Waals surface area contributed by atoms with Crippen molar-refractivity contribution >= 4 is 67.9 Å². The summed E-state index contributed by atoms with van der Waals surface area (Å²) in [5.41, 5.74) is 0. The van der Waals surface area contributed by atoms with Crippen molar-refractivity contribution in [2.45, 2.75) is 82.2 Å². The van der Waals surface area contributed by atoms with Crippen molar-refractivity contribution in [3.63, 3.8) is 0 Å². The Kier molecular flexibility index (Phi) is 25.8. The summed E-state index contributed by atoms with van der Waals surface area (Å²) in [7, 11) is 0. The molecule has 0 aliphatic rings. The minimum absolute atomic E-state index is 0.107. The first-order chi connectivity index (χ1) is 11.0. The molecule has 0 aromatic heterocycles. The molecule has 0 aliphatic heterocycles. The van der Waals surface area contributed by atoms with Gasteiger partial charge in [-0.3, -0.25) is 4.79 Å². The summed E-state index contributed by atoms with van der Waals surface area (Å²) in [6.45, 7) is 11.1. The van der Waals surface area contributed by atoms with E-state index in [9.17, 15) is 9.90 Å². The van der Waals surface area contributed by atoms with Crippen LogP contribution in [-0.2, 0) is 33.4 Å². The summed E-state index contributed by atoms with van der Waals surface area (Å²) < 4.78 is 6.18. The monoisotopic (exact) mass is 520 g/mol. The molecule has 0 amide bonds. The van der Waals surface area contributed by atoms with Gasteiger partial charge in [-0.1, -0.05) is 18.7 Å². The molecule has 0 bridgehead atoms. The predicted octanol–water partition coefficient (Wildman–Crippen LogP) is 5.08. The fraction of sp³-hybridized carbons (Fsp3) is 0.812. The zero-order chi connectivity index (χ0) is 19.6. The maximum absolute atomic E-state index is 9.98. The molecule has 0 saturated carbocycles. The molecule has 0 spiro atoms. The van der Waals surface area contributed by atoms with Gasteiger partial charge in [-0.15, -0.1) is 18.0 Å². The average Bonchev–Trinajstić information content (AvgIpc) is 2.35. The van der Waals surface area contributed by atoms with E-state index in [4.69, 9.17) is 28.6 Å². The number of allylic oxidation sites excluding steroid dienone is 2. The van der Waals surface area contributed by atoms with Crippen molar-refractivity contribution in [2.75, 3.05) is 0 Å². The van der Waals surface area contributed by atoms with Crippen LogP contribution in [0.5, 0.6) is 0 Å². The van der Waals surface area contributed by atoms with Crippen LogP contribution in [0.4, 0.5) is 0 Å². The summed E-state index contributed by atoms with van der Waals surface area (Å²) >= 11 is 13.5. The molecule has 0 fully saturated rings. The van der Waals surface area contributed by atoms with Gasteiger partial charge in [-0.05, 0) is 31.5 Å². The topological polar surface area (TPSA) is 49.4 Å². The number of rotatable bonds is 9. The third-order valence-corrected chi connectivity index (χ3v) is 7.69. The summed E-state index contributed by atoms with van der Waals surface area (Å²) in [5, 5.41) is 9.98. The van der Waals surface area contributed by atoms with E-state index in [2.05, 4.69) is 26.1 Å². The van der Waals surface area contributed by atoms with Gasteiger partial charge in [-0.25, -0.2) is 0 Å². The fourth-order valence-corrected chi connectivity index (χ4v) is 7.57. The van der Waals surface area contributed by atoms with Crippen LogP contribution in [0.15, 0.2) is 11.8 Å². The van der Waals surface area contributed by atoms with Gasteiger partial charge >= 0.3 is 69.5 Å². The van der Waals surface area contributed by atoms with Crippen LogP contribution in [0.1, 0.15) is 67.2 Å². The first-order valence-electron chi connectivity index (χ1n) is 8.25. The summed E-state index contributed by atoms with van der Waals surface area (Å²) in [4.78, 5) is 9.98. The molecule has 0 saturated heterocycles. The van der Waals surface area contributed by atoms with Crippen molar-refractivity contribution in [1.29, 1.82) is 0 Å².